The highest BCUT2D eigenvalue weighted by Crippen LogP contribution is 2.24. The predicted molar refractivity (Wildman–Crippen MR) is 79.0 cm³/mol. The lowest BCUT2D eigenvalue weighted by Gasteiger charge is -2.16. The zero-order chi connectivity index (χ0) is 14.1. The van der Waals surface area contributed by atoms with Gasteiger partial charge in [0.1, 0.15) is 0 Å². The second-order valence-corrected chi connectivity index (χ2v) is 5.29. The summed E-state index contributed by atoms with van der Waals surface area (Å²) in [6, 6.07) is 7.64. The van der Waals surface area contributed by atoms with E-state index in [-0.39, 0.29) is 6.10 Å². The van der Waals surface area contributed by atoms with Crippen LogP contribution in [0.3, 0.4) is 0 Å². The van der Waals surface area contributed by atoms with E-state index in [1.54, 1.807) is 0 Å². The van der Waals surface area contributed by atoms with Crippen molar-refractivity contribution in [2.75, 3.05) is 18.5 Å². The van der Waals surface area contributed by atoms with Crippen molar-refractivity contribution in [1.82, 2.24) is 0 Å². The molecule has 1 aliphatic heterocycles. The molecule has 0 saturated carbocycles. The summed E-state index contributed by atoms with van der Waals surface area (Å²) >= 11 is 0. The third kappa shape index (κ3) is 2.27. The molecule has 1 N–H and O–H groups in total. The number of hydrogen-bond donors (Lipinski definition) is 1. The maximum absolute atomic E-state index is 11.8. The molecule has 0 spiro atoms. The van der Waals surface area contributed by atoms with Gasteiger partial charge >= 0.3 is 0 Å². The molecule has 1 atom stereocenters. The first-order chi connectivity index (χ1) is 9.66. The fourth-order valence-electron chi connectivity index (χ4n) is 2.58. The van der Waals surface area contributed by atoms with Crippen LogP contribution in [0.2, 0.25) is 0 Å². The van der Waals surface area contributed by atoms with Gasteiger partial charge in [0.2, 0.25) is 10.9 Å². The van der Waals surface area contributed by atoms with Gasteiger partial charge in [0.05, 0.1) is 17.4 Å². The molecule has 3 rings (SSSR count). The van der Waals surface area contributed by atoms with E-state index in [0.29, 0.717) is 17.8 Å². The van der Waals surface area contributed by atoms with Crippen molar-refractivity contribution in [2.24, 2.45) is 0 Å². The summed E-state index contributed by atoms with van der Waals surface area (Å²) in [5.74, 6) is 0. The molecule has 0 unspecified atom stereocenters. The average Bonchev–Trinajstić information content (AvgIpc) is 2.97. The quantitative estimate of drug-likeness (QED) is 0.862. The lowest BCUT2D eigenvalue weighted by Crippen LogP contribution is -2.37. The summed E-state index contributed by atoms with van der Waals surface area (Å²) in [5, 5.41) is 3.09. The van der Waals surface area contributed by atoms with E-state index in [2.05, 4.69) is 5.32 Å². The van der Waals surface area contributed by atoms with E-state index in [1.807, 2.05) is 31.2 Å². The van der Waals surface area contributed by atoms with Crippen LogP contribution in [0.15, 0.2) is 33.9 Å². The number of nitrogens with one attached hydrogen (secondary N) is 1. The molecule has 0 bridgehead atoms. The number of anilines is 1. The molecule has 2 aromatic carbocycles. The monoisotopic (exact) mass is 271 g/mol. The number of hydrogen-bond acceptors (Lipinski definition) is 4. The minimum absolute atomic E-state index is 0.144. The average molecular weight is 271 g/mol. The fraction of sp³-hybridized carbons (Fsp3) is 0.375. The largest absolute Gasteiger partial charge is 0.379 e. The minimum atomic E-state index is -0.418. The van der Waals surface area contributed by atoms with Crippen molar-refractivity contribution in [1.29, 1.82) is 0 Å². The molecule has 0 amide bonds. The number of rotatable bonds is 4. The Morgan fingerprint density at radius 1 is 1.20 bits per heavy atom. The SMILES string of the molecule is Cc1ccc(-c2c(NC[C@@H]3CCCO3)c(=O)c2=O)cc1. The van der Waals surface area contributed by atoms with Crippen molar-refractivity contribution in [2.45, 2.75) is 25.9 Å². The predicted octanol–water partition coefficient (Wildman–Crippen LogP) is 1.85. The molecule has 1 fully saturated rings. The van der Waals surface area contributed by atoms with Crippen LogP contribution in [-0.4, -0.2) is 19.3 Å². The molecule has 2 aromatic rings. The Kier molecular flexibility index (Phi) is 3.40. The summed E-state index contributed by atoms with van der Waals surface area (Å²) in [6.45, 7) is 3.36. The molecule has 4 nitrogen and oxygen atoms in total. The number of ether oxygens (including phenoxy) is 1. The number of aryl methyl sites for hydroxylation is 1. The molecule has 0 radical (unpaired) electrons. The first kappa shape index (κ1) is 13.1. The van der Waals surface area contributed by atoms with Gasteiger partial charge in [-0.1, -0.05) is 29.8 Å². The Morgan fingerprint density at radius 3 is 2.60 bits per heavy atom. The van der Waals surface area contributed by atoms with Gasteiger partial charge in [-0.25, -0.2) is 0 Å². The summed E-state index contributed by atoms with van der Waals surface area (Å²) in [5.41, 5.74) is 2.06. The minimum Gasteiger partial charge on any atom is -0.379 e. The van der Waals surface area contributed by atoms with Crippen LogP contribution in [0.4, 0.5) is 5.69 Å². The lowest BCUT2D eigenvalue weighted by molar-refractivity contribution is 0.120. The number of benzene rings is 1. The van der Waals surface area contributed by atoms with Gasteiger partial charge in [-0.3, -0.25) is 9.59 Å². The molecule has 0 aliphatic carbocycles. The molecule has 1 aliphatic rings. The van der Waals surface area contributed by atoms with Crippen LogP contribution in [0, 0.1) is 6.92 Å². The van der Waals surface area contributed by atoms with Gasteiger partial charge in [-0.2, -0.15) is 0 Å². The van der Waals surface area contributed by atoms with Crippen LogP contribution in [-0.2, 0) is 4.74 Å². The zero-order valence-corrected chi connectivity index (χ0v) is 11.4. The second kappa shape index (κ2) is 5.21. The summed E-state index contributed by atoms with van der Waals surface area (Å²) in [6.07, 6.45) is 2.20. The molecule has 104 valence electrons. The van der Waals surface area contributed by atoms with Crippen LogP contribution in [0.25, 0.3) is 11.1 Å². The first-order valence-electron chi connectivity index (χ1n) is 6.92. The molecule has 1 heterocycles. The van der Waals surface area contributed by atoms with Crippen molar-refractivity contribution in [3.05, 3.63) is 50.3 Å². The van der Waals surface area contributed by atoms with E-state index < -0.39 is 10.9 Å². The van der Waals surface area contributed by atoms with Crippen molar-refractivity contribution in [3.8, 4) is 11.1 Å². The van der Waals surface area contributed by atoms with Gasteiger partial charge in [0, 0.05) is 13.2 Å². The van der Waals surface area contributed by atoms with Crippen molar-refractivity contribution in [3.63, 3.8) is 0 Å². The van der Waals surface area contributed by atoms with E-state index in [4.69, 9.17) is 4.74 Å². The Bertz CT molecular complexity index is 675. The normalized spacial score (nSPS) is 18.6. The molecule has 20 heavy (non-hydrogen) atoms. The smallest absolute Gasteiger partial charge is 0.250 e. The maximum Gasteiger partial charge on any atom is 0.250 e. The van der Waals surface area contributed by atoms with Gasteiger partial charge < -0.3 is 10.1 Å². The summed E-state index contributed by atoms with van der Waals surface area (Å²) in [7, 11) is 0. The van der Waals surface area contributed by atoms with Gasteiger partial charge in [-0.15, -0.1) is 0 Å². The summed E-state index contributed by atoms with van der Waals surface area (Å²) in [4.78, 5) is 23.5. The Hall–Kier alpha value is -1.94. The van der Waals surface area contributed by atoms with Gasteiger partial charge in [0.25, 0.3) is 0 Å². The van der Waals surface area contributed by atoms with E-state index in [9.17, 15) is 9.59 Å². The highest BCUT2D eigenvalue weighted by atomic mass is 16.5. The highest BCUT2D eigenvalue weighted by molar-refractivity contribution is 5.81. The van der Waals surface area contributed by atoms with Gasteiger partial charge in [-0.05, 0) is 25.3 Å². The van der Waals surface area contributed by atoms with Crippen LogP contribution >= 0.6 is 0 Å². The van der Waals surface area contributed by atoms with E-state index in [0.717, 1.165) is 30.6 Å². The topological polar surface area (TPSA) is 55.4 Å². The van der Waals surface area contributed by atoms with Gasteiger partial charge in [0.15, 0.2) is 0 Å². The maximum atomic E-state index is 11.8. The molecule has 1 saturated heterocycles. The van der Waals surface area contributed by atoms with Crippen LogP contribution in [0.5, 0.6) is 0 Å². The molecule has 0 aromatic heterocycles. The Morgan fingerprint density at radius 2 is 1.95 bits per heavy atom. The molecular weight excluding hydrogens is 254 g/mol. The second-order valence-electron chi connectivity index (χ2n) is 5.29. The zero-order valence-electron chi connectivity index (χ0n) is 11.4. The molecular formula is C16H17NO3. The summed E-state index contributed by atoms with van der Waals surface area (Å²) < 4.78 is 5.51. The third-order valence-electron chi connectivity index (χ3n) is 3.78. The highest BCUT2D eigenvalue weighted by Gasteiger charge is 2.23. The van der Waals surface area contributed by atoms with Crippen molar-refractivity contribution >= 4 is 5.69 Å². The van der Waals surface area contributed by atoms with E-state index >= 15 is 0 Å². The Labute approximate surface area is 117 Å². The van der Waals surface area contributed by atoms with Crippen LogP contribution < -0.4 is 16.2 Å². The standard InChI is InChI=1S/C16H17NO3/c1-10-4-6-11(7-5-10)13-14(16(19)15(13)18)17-9-12-3-2-8-20-12/h4-7,12,17H,2-3,8-9H2,1H3/t12-/m0/s1. The Balaban J connectivity index is 1.81. The first-order valence-corrected chi connectivity index (χ1v) is 6.92. The third-order valence-corrected chi connectivity index (χ3v) is 3.78. The van der Waals surface area contributed by atoms with E-state index in [1.165, 1.54) is 0 Å². The van der Waals surface area contributed by atoms with Crippen molar-refractivity contribution < 1.29 is 4.74 Å². The molecule has 4 heteroatoms. The lowest BCUT2D eigenvalue weighted by atomic mass is 9.97. The van der Waals surface area contributed by atoms with Crippen LogP contribution in [0.1, 0.15) is 18.4 Å². The fourth-order valence-corrected chi connectivity index (χ4v) is 2.58.